The Hall–Kier alpha value is -0.580. The van der Waals surface area contributed by atoms with Gasteiger partial charge >= 0.3 is 0 Å². The SMILES string of the molecule is CC(Br)c1cn(Cc2ccc(Cl)cc2Cl)nn1. The number of rotatable bonds is 3. The normalized spacial score (nSPS) is 12.7. The van der Waals surface area contributed by atoms with Crippen molar-refractivity contribution in [3.8, 4) is 0 Å². The van der Waals surface area contributed by atoms with E-state index in [2.05, 4.69) is 26.2 Å². The zero-order valence-corrected chi connectivity index (χ0v) is 12.2. The van der Waals surface area contributed by atoms with Crippen LogP contribution >= 0.6 is 39.1 Å². The molecule has 0 fully saturated rings. The molecular formula is C11H10BrCl2N3. The van der Waals surface area contributed by atoms with Crippen LogP contribution in [0.5, 0.6) is 0 Å². The second-order valence-electron chi connectivity index (χ2n) is 3.69. The first kappa shape index (κ1) is 12.9. The maximum absolute atomic E-state index is 6.09. The summed E-state index contributed by atoms with van der Waals surface area (Å²) in [5.41, 5.74) is 1.87. The fourth-order valence-corrected chi connectivity index (χ4v) is 2.08. The first-order valence-corrected chi connectivity index (χ1v) is 6.71. The lowest BCUT2D eigenvalue weighted by Gasteiger charge is -2.04. The summed E-state index contributed by atoms with van der Waals surface area (Å²) >= 11 is 15.4. The molecule has 0 saturated carbocycles. The Morgan fingerprint density at radius 2 is 2.18 bits per heavy atom. The summed E-state index contributed by atoms with van der Waals surface area (Å²) in [5.74, 6) is 0. The summed E-state index contributed by atoms with van der Waals surface area (Å²) in [4.78, 5) is 0.192. The van der Waals surface area contributed by atoms with Crippen molar-refractivity contribution >= 4 is 39.1 Å². The van der Waals surface area contributed by atoms with E-state index in [0.717, 1.165) is 11.3 Å². The third-order valence-electron chi connectivity index (χ3n) is 2.31. The van der Waals surface area contributed by atoms with Gasteiger partial charge < -0.3 is 0 Å². The average molecular weight is 335 g/mol. The Labute approximate surface area is 118 Å². The van der Waals surface area contributed by atoms with Gasteiger partial charge in [0, 0.05) is 16.2 Å². The van der Waals surface area contributed by atoms with Crippen molar-refractivity contribution in [2.75, 3.05) is 0 Å². The number of hydrogen-bond acceptors (Lipinski definition) is 2. The molecule has 0 aliphatic heterocycles. The Bertz CT molecular complexity index is 525. The van der Waals surface area contributed by atoms with Crippen LogP contribution in [0.4, 0.5) is 0 Å². The molecule has 1 aromatic heterocycles. The minimum atomic E-state index is 0.192. The highest BCUT2D eigenvalue weighted by Crippen LogP contribution is 2.22. The average Bonchev–Trinajstić information content (AvgIpc) is 2.71. The summed E-state index contributed by atoms with van der Waals surface area (Å²) in [7, 11) is 0. The van der Waals surface area contributed by atoms with Crippen molar-refractivity contribution in [3.63, 3.8) is 0 Å². The second kappa shape index (κ2) is 5.38. The maximum Gasteiger partial charge on any atom is 0.0960 e. The van der Waals surface area contributed by atoms with Crippen LogP contribution < -0.4 is 0 Å². The highest BCUT2D eigenvalue weighted by atomic mass is 79.9. The molecule has 3 nitrogen and oxygen atoms in total. The predicted octanol–water partition coefficient (Wildman–Crippen LogP) is 4.09. The minimum absolute atomic E-state index is 0.192. The first-order chi connectivity index (χ1) is 8.06. The lowest BCUT2D eigenvalue weighted by atomic mass is 10.2. The number of aromatic nitrogens is 3. The van der Waals surface area contributed by atoms with E-state index in [0.29, 0.717) is 16.6 Å². The van der Waals surface area contributed by atoms with Crippen molar-refractivity contribution in [2.45, 2.75) is 18.3 Å². The van der Waals surface area contributed by atoms with Gasteiger partial charge in [0.1, 0.15) is 0 Å². The van der Waals surface area contributed by atoms with Gasteiger partial charge in [-0.15, -0.1) is 5.10 Å². The minimum Gasteiger partial charge on any atom is -0.248 e. The van der Waals surface area contributed by atoms with Crippen molar-refractivity contribution in [3.05, 3.63) is 45.7 Å². The standard InChI is InChI=1S/C11H10BrCl2N3/c1-7(12)11-6-17(16-15-11)5-8-2-3-9(13)4-10(8)14/h2-4,6-7H,5H2,1H3. The molecule has 1 unspecified atom stereocenters. The Kier molecular flexibility index (Phi) is 4.07. The molecule has 90 valence electrons. The molecule has 0 aliphatic rings. The first-order valence-electron chi connectivity index (χ1n) is 5.04. The fourth-order valence-electron chi connectivity index (χ4n) is 1.40. The molecule has 0 spiro atoms. The van der Waals surface area contributed by atoms with Crippen LogP contribution in [-0.4, -0.2) is 15.0 Å². The molecule has 0 amide bonds. The van der Waals surface area contributed by atoms with Gasteiger partial charge in [-0.1, -0.05) is 50.4 Å². The van der Waals surface area contributed by atoms with Gasteiger partial charge in [0.05, 0.1) is 17.1 Å². The summed E-state index contributed by atoms with van der Waals surface area (Å²) in [6.45, 7) is 2.59. The summed E-state index contributed by atoms with van der Waals surface area (Å²) < 4.78 is 1.75. The van der Waals surface area contributed by atoms with Gasteiger partial charge in [-0.05, 0) is 24.6 Å². The monoisotopic (exact) mass is 333 g/mol. The van der Waals surface area contributed by atoms with E-state index in [-0.39, 0.29) is 4.83 Å². The zero-order chi connectivity index (χ0) is 12.4. The van der Waals surface area contributed by atoms with Gasteiger partial charge in [0.2, 0.25) is 0 Å². The van der Waals surface area contributed by atoms with Crippen LogP contribution in [-0.2, 0) is 6.54 Å². The van der Waals surface area contributed by atoms with E-state index in [1.165, 1.54) is 0 Å². The number of nitrogens with zero attached hydrogens (tertiary/aromatic N) is 3. The Morgan fingerprint density at radius 3 is 2.76 bits per heavy atom. The molecule has 0 bridgehead atoms. The van der Waals surface area contributed by atoms with Crippen LogP contribution in [0.15, 0.2) is 24.4 Å². The van der Waals surface area contributed by atoms with E-state index < -0.39 is 0 Å². The number of halogens is 3. The highest BCUT2D eigenvalue weighted by molar-refractivity contribution is 9.09. The molecule has 2 rings (SSSR count). The highest BCUT2D eigenvalue weighted by Gasteiger charge is 2.08. The second-order valence-corrected chi connectivity index (χ2v) is 5.91. The van der Waals surface area contributed by atoms with Crippen molar-refractivity contribution in [1.29, 1.82) is 0 Å². The topological polar surface area (TPSA) is 30.7 Å². The number of hydrogen-bond donors (Lipinski definition) is 0. The predicted molar refractivity (Wildman–Crippen MR) is 72.9 cm³/mol. The summed E-state index contributed by atoms with van der Waals surface area (Å²) in [6.07, 6.45) is 1.89. The Balaban J connectivity index is 2.19. The molecule has 0 aliphatic carbocycles. The van der Waals surface area contributed by atoms with Gasteiger partial charge in [-0.3, -0.25) is 0 Å². The van der Waals surface area contributed by atoms with E-state index in [1.54, 1.807) is 10.7 Å². The van der Waals surface area contributed by atoms with Crippen molar-refractivity contribution in [1.82, 2.24) is 15.0 Å². The molecule has 0 saturated heterocycles. The van der Waals surface area contributed by atoms with Gasteiger partial charge in [0.25, 0.3) is 0 Å². The zero-order valence-electron chi connectivity index (χ0n) is 9.07. The maximum atomic E-state index is 6.09. The van der Waals surface area contributed by atoms with Gasteiger partial charge in [-0.25, -0.2) is 4.68 Å². The van der Waals surface area contributed by atoms with Crippen molar-refractivity contribution in [2.24, 2.45) is 0 Å². The smallest absolute Gasteiger partial charge is 0.0960 e. The van der Waals surface area contributed by atoms with E-state index in [4.69, 9.17) is 23.2 Å². The molecule has 1 atom stereocenters. The summed E-state index contributed by atoms with van der Waals surface area (Å²) in [5, 5.41) is 9.37. The van der Waals surface area contributed by atoms with Gasteiger partial charge in [-0.2, -0.15) is 0 Å². The lowest BCUT2D eigenvalue weighted by Crippen LogP contribution is -2.01. The number of alkyl halides is 1. The molecule has 1 aromatic carbocycles. The molecule has 1 heterocycles. The third kappa shape index (κ3) is 3.21. The van der Waals surface area contributed by atoms with Crippen LogP contribution in [0.1, 0.15) is 23.0 Å². The molecule has 17 heavy (non-hydrogen) atoms. The van der Waals surface area contributed by atoms with E-state index in [1.807, 2.05) is 25.3 Å². The van der Waals surface area contributed by atoms with E-state index >= 15 is 0 Å². The number of benzene rings is 1. The molecule has 0 radical (unpaired) electrons. The molecule has 0 N–H and O–H groups in total. The lowest BCUT2D eigenvalue weighted by molar-refractivity contribution is 0.649. The fraction of sp³-hybridized carbons (Fsp3) is 0.273. The Morgan fingerprint density at radius 1 is 1.41 bits per heavy atom. The largest absolute Gasteiger partial charge is 0.248 e. The van der Waals surface area contributed by atoms with Crippen LogP contribution in [0.2, 0.25) is 10.0 Å². The van der Waals surface area contributed by atoms with Crippen LogP contribution in [0.3, 0.4) is 0 Å². The van der Waals surface area contributed by atoms with E-state index in [9.17, 15) is 0 Å². The van der Waals surface area contributed by atoms with Crippen molar-refractivity contribution < 1.29 is 0 Å². The quantitative estimate of drug-likeness (QED) is 0.791. The summed E-state index contributed by atoms with van der Waals surface area (Å²) in [6, 6.07) is 5.43. The van der Waals surface area contributed by atoms with Gasteiger partial charge in [0.15, 0.2) is 0 Å². The molecule has 2 aromatic rings. The molecular weight excluding hydrogens is 325 g/mol. The van der Waals surface area contributed by atoms with Crippen LogP contribution in [0.25, 0.3) is 0 Å². The third-order valence-corrected chi connectivity index (χ3v) is 3.37. The van der Waals surface area contributed by atoms with Crippen LogP contribution in [0, 0.1) is 0 Å². The molecule has 6 heteroatoms.